The zero-order valence-electron chi connectivity index (χ0n) is 13.4. The van der Waals surface area contributed by atoms with E-state index in [0.29, 0.717) is 26.2 Å². The molecule has 0 bridgehead atoms. The summed E-state index contributed by atoms with van der Waals surface area (Å²) in [6, 6.07) is 6.13. The number of rotatable bonds is 3. The Bertz CT molecular complexity index is 547. The second kappa shape index (κ2) is 6.57. The number of carbonyl (C=O) groups excluding carboxylic acids is 1. The van der Waals surface area contributed by atoms with Crippen molar-refractivity contribution in [3.63, 3.8) is 0 Å². The standard InChI is InChI=1S/C17H24N2O3/c1-13-11-19(8-9-22-13)17(20)12-18-7-3-4-14-10-15(21-2)5-6-16(14)18/h5-6,10,13H,3-4,7-9,11-12H2,1-2H3. The van der Waals surface area contributed by atoms with Gasteiger partial charge in [0.2, 0.25) is 5.91 Å². The van der Waals surface area contributed by atoms with E-state index in [-0.39, 0.29) is 12.0 Å². The Kier molecular flexibility index (Phi) is 4.52. The molecule has 0 spiro atoms. The molecule has 2 aliphatic rings. The van der Waals surface area contributed by atoms with Crippen LogP contribution in [0, 0.1) is 0 Å². The van der Waals surface area contributed by atoms with Crippen LogP contribution in [-0.2, 0) is 16.0 Å². The van der Waals surface area contributed by atoms with Gasteiger partial charge in [-0.3, -0.25) is 4.79 Å². The van der Waals surface area contributed by atoms with Crippen LogP contribution in [0.1, 0.15) is 18.9 Å². The Morgan fingerprint density at radius 1 is 1.41 bits per heavy atom. The third-order valence-corrected chi connectivity index (χ3v) is 4.42. The van der Waals surface area contributed by atoms with E-state index < -0.39 is 0 Å². The number of carbonyl (C=O) groups is 1. The summed E-state index contributed by atoms with van der Waals surface area (Å²) >= 11 is 0. The second-order valence-electron chi connectivity index (χ2n) is 6.04. The van der Waals surface area contributed by atoms with Gasteiger partial charge in [0, 0.05) is 25.3 Å². The van der Waals surface area contributed by atoms with Crippen LogP contribution in [0.25, 0.3) is 0 Å². The molecule has 0 saturated carbocycles. The zero-order valence-corrected chi connectivity index (χ0v) is 13.4. The Labute approximate surface area is 131 Å². The predicted octanol–water partition coefficient (Wildman–Crippen LogP) is 1.70. The largest absolute Gasteiger partial charge is 0.497 e. The van der Waals surface area contributed by atoms with Crippen LogP contribution in [-0.4, -0.2) is 56.8 Å². The van der Waals surface area contributed by atoms with E-state index in [1.54, 1.807) is 7.11 Å². The number of benzene rings is 1. The second-order valence-corrected chi connectivity index (χ2v) is 6.04. The van der Waals surface area contributed by atoms with Crippen molar-refractivity contribution < 1.29 is 14.3 Å². The van der Waals surface area contributed by atoms with Gasteiger partial charge >= 0.3 is 0 Å². The number of ether oxygens (including phenoxy) is 2. The lowest BCUT2D eigenvalue weighted by atomic mass is 10.0. The van der Waals surface area contributed by atoms with Crippen molar-refractivity contribution in [3.05, 3.63) is 23.8 Å². The molecule has 2 heterocycles. The average molecular weight is 304 g/mol. The lowest BCUT2D eigenvalue weighted by Crippen LogP contribution is -2.49. The van der Waals surface area contributed by atoms with Gasteiger partial charge in [0.25, 0.3) is 0 Å². The van der Waals surface area contributed by atoms with Gasteiger partial charge in [0.1, 0.15) is 5.75 Å². The molecule has 1 unspecified atom stereocenters. The number of amides is 1. The lowest BCUT2D eigenvalue weighted by molar-refractivity contribution is -0.136. The molecule has 1 aromatic rings. The SMILES string of the molecule is COc1ccc2c(c1)CCCN2CC(=O)N1CCOC(C)C1. The van der Waals surface area contributed by atoms with Gasteiger partial charge in [-0.1, -0.05) is 0 Å². The molecule has 3 rings (SSSR count). The van der Waals surface area contributed by atoms with Crippen LogP contribution in [0.15, 0.2) is 18.2 Å². The quantitative estimate of drug-likeness (QED) is 0.852. The molecule has 1 amide bonds. The van der Waals surface area contributed by atoms with Crippen LogP contribution in [0.2, 0.25) is 0 Å². The van der Waals surface area contributed by atoms with Crippen LogP contribution in [0.4, 0.5) is 5.69 Å². The van der Waals surface area contributed by atoms with Crippen molar-refractivity contribution in [3.8, 4) is 5.75 Å². The van der Waals surface area contributed by atoms with E-state index in [1.165, 1.54) is 11.3 Å². The molecule has 2 aliphatic heterocycles. The van der Waals surface area contributed by atoms with Gasteiger partial charge in [0.05, 0.1) is 26.4 Å². The summed E-state index contributed by atoms with van der Waals surface area (Å²) in [6.45, 7) is 5.44. The van der Waals surface area contributed by atoms with E-state index >= 15 is 0 Å². The molecule has 0 aromatic heterocycles. The van der Waals surface area contributed by atoms with Crippen molar-refractivity contribution >= 4 is 11.6 Å². The molecule has 0 radical (unpaired) electrons. The van der Waals surface area contributed by atoms with Crippen LogP contribution >= 0.6 is 0 Å². The Morgan fingerprint density at radius 2 is 2.27 bits per heavy atom. The summed E-state index contributed by atoms with van der Waals surface area (Å²) in [6.07, 6.45) is 2.26. The van der Waals surface area contributed by atoms with E-state index in [0.717, 1.165) is 25.1 Å². The maximum atomic E-state index is 12.5. The summed E-state index contributed by atoms with van der Waals surface area (Å²) in [7, 11) is 1.69. The number of methoxy groups -OCH3 is 1. The number of nitrogens with zero attached hydrogens (tertiary/aromatic N) is 2. The first-order chi connectivity index (χ1) is 10.7. The maximum Gasteiger partial charge on any atom is 0.242 e. The van der Waals surface area contributed by atoms with Gasteiger partial charge in [-0.2, -0.15) is 0 Å². The predicted molar refractivity (Wildman–Crippen MR) is 85.5 cm³/mol. The molecule has 1 atom stereocenters. The molecule has 22 heavy (non-hydrogen) atoms. The fourth-order valence-corrected chi connectivity index (χ4v) is 3.25. The molecule has 1 aromatic carbocycles. The third-order valence-electron chi connectivity index (χ3n) is 4.42. The number of hydrogen-bond acceptors (Lipinski definition) is 4. The monoisotopic (exact) mass is 304 g/mol. The van der Waals surface area contributed by atoms with Gasteiger partial charge in [-0.05, 0) is 43.5 Å². The molecule has 1 fully saturated rings. The minimum absolute atomic E-state index is 0.135. The molecular weight excluding hydrogens is 280 g/mol. The van der Waals surface area contributed by atoms with Crippen molar-refractivity contribution in [1.29, 1.82) is 0 Å². The highest BCUT2D eigenvalue weighted by Crippen LogP contribution is 2.30. The van der Waals surface area contributed by atoms with E-state index in [2.05, 4.69) is 17.0 Å². The minimum atomic E-state index is 0.135. The molecule has 0 N–H and O–H groups in total. The van der Waals surface area contributed by atoms with E-state index in [4.69, 9.17) is 9.47 Å². The number of anilines is 1. The van der Waals surface area contributed by atoms with Gasteiger partial charge in [-0.25, -0.2) is 0 Å². The summed E-state index contributed by atoms with van der Waals surface area (Å²) in [5, 5.41) is 0. The van der Waals surface area contributed by atoms with Crippen molar-refractivity contribution in [2.24, 2.45) is 0 Å². The summed E-state index contributed by atoms with van der Waals surface area (Å²) in [4.78, 5) is 16.7. The van der Waals surface area contributed by atoms with Gasteiger partial charge < -0.3 is 19.3 Å². The van der Waals surface area contributed by atoms with E-state index in [1.807, 2.05) is 17.9 Å². The molecule has 120 valence electrons. The highest BCUT2D eigenvalue weighted by Gasteiger charge is 2.25. The summed E-state index contributed by atoms with van der Waals surface area (Å²) in [5.41, 5.74) is 2.44. The van der Waals surface area contributed by atoms with Crippen LogP contribution in [0.5, 0.6) is 5.75 Å². The van der Waals surface area contributed by atoms with Crippen LogP contribution < -0.4 is 9.64 Å². The lowest BCUT2D eigenvalue weighted by Gasteiger charge is -2.35. The minimum Gasteiger partial charge on any atom is -0.497 e. The fraction of sp³-hybridized carbons (Fsp3) is 0.588. The van der Waals surface area contributed by atoms with Crippen LogP contribution in [0.3, 0.4) is 0 Å². The van der Waals surface area contributed by atoms with Crippen molar-refractivity contribution in [2.75, 3.05) is 44.8 Å². The number of hydrogen-bond donors (Lipinski definition) is 0. The molecule has 1 saturated heterocycles. The Balaban J connectivity index is 1.70. The fourth-order valence-electron chi connectivity index (χ4n) is 3.25. The number of morpholine rings is 1. The molecular formula is C17H24N2O3. The van der Waals surface area contributed by atoms with E-state index in [9.17, 15) is 4.79 Å². The normalized spacial score (nSPS) is 21.5. The zero-order chi connectivity index (χ0) is 15.5. The van der Waals surface area contributed by atoms with Crippen molar-refractivity contribution in [2.45, 2.75) is 25.9 Å². The molecule has 0 aliphatic carbocycles. The molecule has 5 heteroatoms. The highest BCUT2D eigenvalue weighted by molar-refractivity contribution is 5.82. The average Bonchev–Trinajstić information content (AvgIpc) is 2.54. The first-order valence-corrected chi connectivity index (χ1v) is 7.98. The highest BCUT2D eigenvalue weighted by atomic mass is 16.5. The Hall–Kier alpha value is -1.75. The maximum absolute atomic E-state index is 12.5. The number of aryl methyl sites for hydroxylation is 1. The molecule has 5 nitrogen and oxygen atoms in total. The smallest absolute Gasteiger partial charge is 0.242 e. The third kappa shape index (κ3) is 3.19. The first-order valence-electron chi connectivity index (χ1n) is 7.98. The summed E-state index contributed by atoms with van der Waals surface area (Å²) in [5.74, 6) is 1.08. The van der Waals surface area contributed by atoms with Gasteiger partial charge in [-0.15, -0.1) is 0 Å². The topological polar surface area (TPSA) is 42.0 Å². The number of fused-ring (bicyclic) bond motifs is 1. The first kappa shape index (κ1) is 15.2. The van der Waals surface area contributed by atoms with Crippen molar-refractivity contribution in [1.82, 2.24) is 4.90 Å². The van der Waals surface area contributed by atoms with Gasteiger partial charge in [0.15, 0.2) is 0 Å². The summed E-state index contributed by atoms with van der Waals surface area (Å²) < 4.78 is 10.8. The Morgan fingerprint density at radius 3 is 3.05 bits per heavy atom.